The van der Waals surface area contributed by atoms with Gasteiger partial charge in [-0.05, 0) is 95.5 Å². The van der Waals surface area contributed by atoms with Crippen LogP contribution in [0.4, 0.5) is 11.4 Å². The number of nitrogen functional groups attached to an aromatic ring is 1. The molecule has 2 aliphatic heterocycles. The number of phenolic OH excluding ortho intramolecular Hbond substituents is 2. The first-order chi connectivity index (χ1) is 29.0. The summed E-state index contributed by atoms with van der Waals surface area (Å²) in [6.07, 6.45) is 1.59. The lowest BCUT2D eigenvalue weighted by atomic mass is 9.90. The second-order valence-corrected chi connectivity index (χ2v) is 14.2. The van der Waals surface area contributed by atoms with E-state index >= 15 is 0 Å². The second-order valence-electron chi connectivity index (χ2n) is 14.0. The topological polar surface area (TPSA) is 220 Å². The number of nitrogens with zero attached hydrogens (tertiary/aromatic N) is 3. The molecular formula is C46H38Cl2N4O10. The minimum absolute atomic E-state index is 0. The number of hydrogen-bond donors (Lipinski definition) is 5. The average Bonchev–Trinajstić information content (AvgIpc) is 3.21. The van der Waals surface area contributed by atoms with Crippen LogP contribution in [0, 0.1) is 0 Å². The Hall–Kier alpha value is -7.68. The van der Waals surface area contributed by atoms with Crippen molar-refractivity contribution in [2.75, 3.05) is 33.9 Å². The van der Waals surface area contributed by atoms with Crippen LogP contribution in [0.25, 0.3) is 66.8 Å². The molecule has 62 heavy (non-hydrogen) atoms. The zero-order chi connectivity index (χ0) is 44.1. The molecule has 0 fully saturated rings. The lowest BCUT2D eigenvalue weighted by Gasteiger charge is -2.17. The molecule has 6 N–H and O–H groups in total. The molecule has 8 rings (SSSR count). The molecule has 2 aliphatic carbocycles. The zero-order valence-electron chi connectivity index (χ0n) is 33.5. The molecule has 0 spiro atoms. The molecule has 0 radical (unpaired) electrons. The number of aromatic hydroxyl groups is 2. The third-order valence-corrected chi connectivity index (χ3v) is 9.42. The van der Waals surface area contributed by atoms with E-state index in [2.05, 4.69) is 4.99 Å². The Morgan fingerprint density at radius 3 is 1.53 bits per heavy atom. The first kappa shape index (κ1) is 45.4. The van der Waals surface area contributed by atoms with E-state index in [1.807, 2.05) is 28.2 Å². The van der Waals surface area contributed by atoms with Crippen molar-refractivity contribution in [2.45, 2.75) is 0 Å². The van der Waals surface area contributed by atoms with Crippen LogP contribution in [-0.4, -0.2) is 82.0 Å². The maximum Gasteiger partial charge on any atom is 0.336 e. The number of rotatable bonds is 6. The molecule has 0 aromatic heterocycles. The van der Waals surface area contributed by atoms with Crippen LogP contribution in [0.15, 0.2) is 133 Å². The van der Waals surface area contributed by atoms with Gasteiger partial charge in [0, 0.05) is 77.1 Å². The normalized spacial score (nSPS) is 10.7. The quantitative estimate of drug-likeness (QED) is 0.0475. The van der Waals surface area contributed by atoms with E-state index in [-0.39, 0.29) is 45.9 Å². The van der Waals surface area contributed by atoms with Crippen molar-refractivity contribution in [2.24, 2.45) is 4.99 Å². The molecule has 316 valence electrons. The number of nitrogens with two attached hydrogens (primary N) is 1. The molecule has 16 heteroatoms. The van der Waals surface area contributed by atoms with Crippen molar-refractivity contribution in [1.82, 2.24) is 4.90 Å². The van der Waals surface area contributed by atoms with Crippen LogP contribution < -0.4 is 29.0 Å². The third-order valence-electron chi connectivity index (χ3n) is 9.03. The largest absolute Gasteiger partial charge is 1.00 e. The van der Waals surface area contributed by atoms with Gasteiger partial charge in [0.1, 0.15) is 48.3 Å². The highest BCUT2D eigenvalue weighted by molar-refractivity contribution is 6.54. The number of aliphatic imine (C=N–C) groups is 1. The molecule has 0 unspecified atom stereocenters. The predicted octanol–water partition coefficient (Wildman–Crippen LogP) is 5.27. The summed E-state index contributed by atoms with van der Waals surface area (Å²) in [5.74, 6) is -1.61. The summed E-state index contributed by atoms with van der Waals surface area (Å²) >= 11 is 5.14. The number of anilines is 1. The van der Waals surface area contributed by atoms with Gasteiger partial charge in [0.15, 0.2) is 10.9 Å². The van der Waals surface area contributed by atoms with Crippen LogP contribution in [0.5, 0.6) is 11.5 Å². The summed E-state index contributed by atoms with van der Waals surface area (Å²) in [6.45, 7) is 0. The number of carboxylic acids is 2. The number of phenols is 2. The molecule has 0 atom stereocenters. The van der Waals surface area contributed by atoms with E-state index in [0.29, 0.717) is 78.2 Å². The average molecular weight is 878 g/mol. The molecule has 0 amide bonds. The Kier molecular flexibility index (Phi) is 14.0. The van der Waals surface area contributed by atoms with Gasteiger partial charge >= 0.3 is 11.9 Å². The number of carbonyl (C=O) groups is 2. The van der Waals surface area contributed by atoms with Gasteiger partial charge in [-0.2, -0.15) is 0 Å². The summed E-state index contributed by atoms with van der Waals surface area (Å²) in [6, 6.07) is 27.4. The van der Waals surface area contributed by atoms with Crippen molar-refractivity contribution in [3.05, 3.63) is 141 Å². The van der Waals surface area contributed by atoms with Gasteiger partial charge in [-0.15, -0.1) is 0 Å². The Morgan fingerprint density at radius 1 is 0.661 bits per heavy atom. The maximum absolute atomic E-state index is 12.1. The summed E-state index contributed by atoms with van der Waals surface area (Å²) in [7, 11) is 7.38. The van der Waals surface area contributed by atoms with Gasteiger partial charge in [-0.25, -0.2) is 19.2 Å². The number of fused-ring (bicyclic) bond motifs is 4. The first-order valence-electron chi connectivity index (χ1n) is 18.2. The second kappa shape index (κ2) is 19.1. The van der Waals surface area contributed by atoms with Crippen LogP contribution in [0.3, 0.4) is 0 Å². The van der Waals surface area contributed by atoms with Crippen molar-refractivity contribution >= 4 is 68.9 Å². The van der Waals surface area contributed by atoms with E-state index < -0.39 is 11.9 Å². The van der Waals surface area contributed by atoms with Gasteiger partial charge in [0.25, 0.3) is 0 Å². The van der Waals surface area contributed by atoms with Gasteiger partial charge in [-0.1, -0.05) is 12.1 Å². The van der Waals surface area contributed by atoms with Gasteiger partial charge in [-0.3, -0.25) is 9.59 Å². The van der Waals surface area contributed by atoms with Crippen molar-refractivity contribution in [1.29, 1.82) is 0 Å². The molecule has 0 bridgehead atoms. The maximum atomic E-state index is 12.1. The van der Waals surface area contributed by atoms with Crippen molar-refractivity contribution in [3.63, 3.8) is 0 Å². The fraction of sp³-hybridized carbons (Fsp3) is 0.0870. The van der Waals surface area contributed by atoms with Crippen molar-refractivity contribution in [3.8, 4) is 56.4 Å². The molecular weight excluding hydrogens is 839 g/mol. The molecule has 4 aromatic carbocycles. The minimum Gasteiger partial charge on any atom is -1.00 e. The van der Waals surface area contributed by atoms with Crippen LogP contribution in [-0.2, 0) is 0 Å². The van der Waals surface area contributed by atoms with Crippen LogP contribution in [0.2, 0.25) is 0 Å². The summed E-state index contributed by atoms with van der Waals surface area (Å²) in [5.41, 5.74) is 11.7. The number of carboxylic acid groups (broad SMARTS) is 2. The molecule has 14 nitrogen and oxygen atoms in total. The van der Waals surface area contributed by atoms with Crippen molar-refractivity contribution < 1.29 is 55.8 Å². The Bertz CT molecular complexity index is 3100. The highest BCUT2D eigenvalue weighted by atomic mass is 35.5. The van der Waals surface area contributed by atoms with E-state index in [4.69, 9.17) is 26.2 Å². The zero-order valence-corrected chi connectivity index (χ0v) is 35.0. The fourth-order valence-electron chi connectivity index (χ4n) is 6.45. The lowest BCUT2D eigenvalue weighted by Crippen LogP contribution is -3.00. The lowest BCUT2D eigenvalue weighted by molar-refractivity contribution is -0.457. The Morgan fingerprint density at radius 2 is 1.10 bits per heavy atom. The van der Waals surface area contributed by atoms with Gasteiger partial charge < -0.3 is 52.3 Å². The molecule has 4 aromatic rings. The number of aromatic carboxylic acids is 2. The monoisotopic (exact) mass is 876 g/mol. The molecule has 2 heterocycles. The SMILES string of the molecule is CN(C)C=Nc1ccc(-c2c3ccc(=O)cc-3oc3cc(O)ccc23)c(C(=O)O)c1.C[N+](C)=CCl.Nc1ccc(-c2c3ccc(=O)cc-3oc3cc(O)ccc23)c(C(=O)O)c1.[Cl-]. The molecule has 4 aliphatic rings. The standard InChI is InChI=1S/C23H18N2O5.C20H13NO5.C3H7ClN.ClH/c1-25(2)12-24-13-3-6-16(19(9-13)23(28)29)22-17-7-4-14(26)10-20(17)30-21-11-15(27)5-8-18(21)22;21-10-1-4-13(16(7-10)20(24)25)19-14-5-2-11(22)8-17(14)26-18-9-12(23)3-6-15(18)19;1-5(2)3-4;/h3-12,26H,1-2H3,(H,28,29);1-9,22H,21H2,(H,24,25);3H,1-2H3;1H/q;;+1;/p-1. The third kappa shape index (κ3) is 10.0. The number of halogens is 2. The fourth-order valence-corrected chi connectivity index (χ4v) is 6.45. The van der Waals surface area contributed by atoms with E-state index in [0.717, 1.165) is 0 Å². The molecule has 0 saturated carbocycles. The predicted molar refractivity (Wildman–Crippen MR) is 237 cm³/mol. The van der Waals surface area contributed by atoms with Gasteiger partial charge in [0.2, 0.25) is 5.67 Å². The Balaban J connectivity index is 0.000000210. The summed E-state index contributed by atoms with van der Waals surface area (Å²) in [5, 5.41) is 40.4. The number of hydrogen-bond acceptors (Lipinski definition) is 10. The Labute approximate surface area is 364 Å². The van der Waals surface area contributed by atoms with Crippen LogP contribution >= 0.6 is 11.6 Å². The van der Waals surface area contributed by atoms with E-state index in [1.54, 1.807) is 64.3 Å². The summed E-state index contributed by atoms with van der Waals surface area (Å²) < 4.78 is 13.3. The number of benzene rings is 6. The van der Waals surface area contributed by atoms with Crippen LogP contribution in [0.1, 0.15) is 20.7 Å². The minimum atomic E-state index is -1.12. The van der Waals surface area contributed by atoms with Gasteiger partial charge in [0.05, 0.1) is 23.2 Å². The summed E-state index contributed by atoms with van der Waals surface area (Å²) in [4.78, 5) is 53.5. The highest BCUT2D eigenvalue weighted by Gasteiger charge is 2.24. The molecule has 0 saturated heterocycles. The van der Waals surface area contributed by atoms with E-state index in [1.165, 1.54) is 66.3 Å². The smallest absolute Gasteiger partial charge is 0.336 e. The first-order valence-corrected chi connectivity index (χ1v) is 18.7. The van der Waals surface area contributed by atoms with E-state index in [9.17, 15) is 39.6 Å². The highest BCUT2D eigenvalue weighted by Crippen LogP contribution is 2.44.